The van der Waals surface area contributed by atoms with Crippen LogP contribution in [-0.4, -0.2) is 48.2 Å². The minimum Gasteiger partial charge on any atom is -0.497 e. The van der Waals surface area contributed by atoms with Gasteiger partial charge < -0.3 is 19.3 Å². The zero-order chi connectivity index (χ0) is 29.7. The highest BCUT2D eigenvalue weighted by Gasteiger charge is 2.31. The molecular formula is C32H44FNO4S. The van der Waals surface area contributed by atoms with Gasteiger partial charge in [-0.15, -0.1) is 0 Å². The third-order valence-electron chi connectivity index (χ3n) is 6.27. The molecule has 0 spiro atoms. The Hall–Kier alpha value is -3.03. The Balaban J connectivity index is 0.000000590. The molecule has 1 aliphatic heterocycles. The maximum absolute atomic E-state index is 15.1. The van der Waals surface area contributed by atoms with Crippen molar-refractivity contribution in [3.05, 3.63) is 70.5 Å². The Morgan fingerprint density at radius 3 is 2.05 bits per heavy atom. The number of aryl methyl sites for hydroxylation is 1. The lowest BCUT2D eigenvalue weighted by Crippen LogP contribution is -2.30. The number of benzene rings is 3. The number of halogens is 1. The summed E-state index contributed by atoms with van der Waals surface area (Å²) in [6, 6.07) is 14.1. The number of fused-ring (bicyclic) bond motifs is 3. The molecule has 0 aliphatic carbocycles. The lowest BCUT2D eigenvalue weighted by atomic mass is 9.85. The first-order valence-electron chi connectivity index (χ1n) is 12.9. The van der Waals surface area contributed by atoms with Gasteiger partial charge in [-0.2, -0.15) is 10.2 Å². The van der Waals surface area contributed by atoms with Gasteiger partial charge in [-0.05, 0) is 117 Å². The van der Waals surface area contributed by atoms with Crippen LogP contribution < -0.4 is 9.04 Å². The van der Waals surface area contributed by atoms with Gasteiger partial charge in [-0.3, -0.25) is 4.79 Å². The van der Waals surface area contributed by atoms with Gasteiger partial charge >= 0.3 is 0 Å². The average molecular weight is 558 g/mol. The Kier molecular flexibility index (Phi) is 10.6. The van der Waals surface area contributed by atoms with E-state index in [1.807, 2.05) is 25.1 Å². The average Bonchev–Trinajstić information content (AvgIpc) is 2.82. The molecule has 0 saturated heterocycles. The molecule has 0 saturated carbocycles. The highest BCUT2D eigenvalue weighted by molar-refractivity contribution is 8.33. The van der Waals surface area contributed by atoms with Crippen LogP contribution in [0.1, 0.15) is 49.9 Å². The van der Waals surface area contributed by atoms with Gasteiger partial charge in [0.2, 0.25) is 0 Å². The van der Waals surface area contributed by atoms with Crippen LogP contribution in [0.15, 0.2) is 42.5 Å². The van der Waals surface area contributed by atoms with Crippen molar-refractivity contribution < 1.29 is 24.1 Å². The van der Waals surface area contributed by atoms with Gasteiger partial charge in [0.1, 0.15) is 11.6 Å². The fourth-order valence-corrected chi connectivity index (χ4v) is 6.01. The second-order valence-electron chi connectivity index (χ2n) is 11.4. The van der Waals surface area contributed by atoms with Crippen LogP contribution in [0.2, 0.25) is 0 Å². The van der Waals surface area contributed by atoms with Crippen molar-refractivity contribution >= 4 is 22.4 Å². The summed E-state index contributed by atoms with van der Waals surface area (Å²) in [7, 11) is 0.688. The number of nitrogens with zero attached hydrogens (tertiary/aromatic N) is 1. The molecule has 0 unspecified atom stereocenters. The first kappa shape index (κ1) is 32.2. The van der Waals surface area contributed by atoms with E-state index in [9.17, 15) is 0 Å². The lowest BCUT2D eigenvalue weighted by Gasteiger charge is -2.47. The SMILES string of the molecule is CC(C)(C)O.CCc1c(-c2ccc(C)cc2F)cc2c(c1C)N(S(C)(C)C)Cc1cc(OC)ccc1-2.O=CO. The Morgan fingerprint density at radius 2 is 1.56 bits per heavy atom. The third kappa shape index (κ3) is 7.99. The smallest absolute Gasteiger partial charge is 0.290 e. The van der Waals surface area contributed by atoms with Crippen molar-refractivity contribution in [3.8, 4) is 28.0 Å². The topological polar surface area (TPSA) is 70.0 Å². The molecule has 39 heavy (non-hydrogen) atoms. The molecule has 0 radical (unpaired) electrons. The largest absolute Gasteiger partial charge is 0.497 e. The Labute approximate surface area is 235 Å². The molecule has 5 nitrogen and oxygen atoms in total. The Morgan fingerprint density at radius 1 is 1.00 bits per heavy atom. The Bertz CT molecular complexity index is 1300. The van der Waals surface area contributed by atoms with E-state index in [-0.39, 0.29) is 12.3 Å². The quantitative estimate of drug-likeness (QED) is 0.321. The molecule has 3 aromatic rings. The fraction of sp³-hybridized carbons (Fsp3) is 0.406. The van der Waals surface area contributed by atoms with E-state index in [0.29, 0.717) is 5.56 Å². The zero-order valence-electron chi connectivity index (χ0n) is 25.0. The number of hydrogen-bond acceptors (Lipinski definition) is 4. The molecule has 7 heteroatoms. The summed E-state index contributed by atoms with van der Waals surface area (Å²) < 4.78 is 23.1. The highest BCUT2D eigenvalue weighted by Crippen LogP contribution is 2.55. The van der Waals surface area contributed by atoms with E-state index in [1.54, 1.807) is 33.9 Å². The molecule has 1 heterocycles. The number of ether oxygens (including phenoxy) is 1. The molecule has 214 valence electrons. The summed E-state index contributed by atoms with van der Waals surface area (Å²) in [6.45, 7) is 12.1. The summed E-state index contributed by atoms with van der Waals surface area (Å²) in [5, 5.41) is 15.4. The minimum absolute atomic E-state index is 0.155. The van der Waals surface area contributed by atoms with Gasteiger partial charge in [-0.1, -0.05) is 25.1 Å². The molecular weight excluding hydrogens is 513 g/mol. The molecule has 0 fully saturated rings. The molecule has 0 aromatic heterocycles. The van der Waals surface area contributed by atoms with Crippen LogP contribution in [0.25, 0.3) is 22.3 Å². The number of carboxylic acid groups (broad SMARTS) is 1. The number of anilines is 1. The van der Waals surface area contributed by atoms with Gasteiger partial charge in [0.05, 0.1) is 24.9 Å². The zero-order valence-corrected chi connectivity index (χ0v) is 25.8. The predicted octanol–water partition coefficient (Wildman–Crippen LogP) is 7.75. The van der Waals surface area contributed by atoms with Crippen molar-refractivity contribution in [2.24, 2.45) is 0 Å². The summed E-state index contributed by atoms with van der Waals surface area (Å²) in [5.41, 5.74) is 9.58. The maximum atomic E-state index is 15.1. The van der Waals surface area contributed by atoms with Crippen molar-refractivity contribution in [1.82, 2.24) is 0 Å². The van der Waals surface area contributed by atoms with Crippen LogP contribution in [0.4, 0.5) is 10.1 Å². The van der Waals surface area contributed by atoms with Gasteiger partial charge in [-0.25, -0.2) is 4.39 Å². The van der Waals surface area contributed by atoms with Crippen molar-refractivity contribution in [2.75, 3.05) is 30.2 Å². The normalized spacial score (nSPS) is 12.7. The van der Waals surface area contributed by atoms with Crippen LogP contribution in [0.5, 0.6) is 5.75 Å². The fourth-order valence-electron chi connectivity index (χ4n) is 4.70. The van der Waals surface area contributed by atoms with E-state index in [4.69, 9.17) is 19.7 Å². The number of carbonyl (C=O) groups is 1. The molecule has 0 atom stereocenters. The standard InChI is InChI=1S/C27H32FNOS.C4H10O.CH2O2/c1-8-21-18(3)27-25(15-24(21)23-11-9-17(2)13-26(23)28)22-12-10-20(30-4)14-19(22)16-29(27)31(5,6)7;1-4(2,3)5;2-1-3/h9-15H,8,16H2,1-7H3;5H,1-3H3;1H,(H,2,3). The molecule has 2 N–H and O–H groups in total. The van der Waals surface area contributed by atoms with E-state index in [1.165, 1.54) is 33.5 Å². The number of rotatable bonds is 4. The van der Waals surface area contributed by atoms with Crippen LogP contribution >= 0.6 is 10.2 Å². The lowest BCUT2D eigenvalue weighted by molar-refractivity contribution is -0.122. The van der Waals surface area contributed by atoms with Gasteiger partial charge in [0.15, 0.2) is 0 Å². The van der Waals surface area contributed by atoms with Crippen LogP contribution in [-0.2, 0) is 17.8 Å². The second kappa shape index (κ2) is 12.9. The van der Waals surface area contributed by atoms with E-state index >= 15 is 4.39 Å². The predicted molar refractivity (Wildman–Crippen MR) is 165 cm³/mol. The third-order valence-corrected chi connectivity index (χ3v) is 7.91. The second-order valence-corrected chi connectivity index (χ2v) is 15.4. The van der Waals surface area contributed by atoms with E-state index in [2.05, 4.69) is 55.1 Å². The number of methoxy groups -OCH3 is 1. The summed E-state index contributed by atoms with van der Waals surface area (Å²) in [6.07, 6.45) is 7.87. The summed E-state index contributed by atoms with van der Waals surface area (Å²) in [4.78, 5) is 8.36. The summed E-state index contributed by atoms with van der Waals surface area (Å²) in [5.74, 6) is 0.718. The minimum atomic E-state index is -1.02. The van der Waals surface area contributed by atoms with Crippen LogP contribution in [0.3, 0.4) is 0 Å². The number of aliphatic hydroxyl groups is 1. The van der Waals surface area contributed by atoms with Crippen LogP contribution in [0, 0.1) is 19.7 Å². The monoisotopic (exact) mass is 557 g/mol. The molecule has 3 aromatic carbocycles. The molecule has 1 aliphatic rings. The molecule has 0 amide bonds. The first-order chi connectivity index (χ1) is 18.1. The van der Waals surface area contributed by atoms with Gasteiger partial charge in [0, 0.05) is 11.1 Å². The van der Waals surface area contributed by atoms with Crippen molar-refractivity contribution in [2.45, 2.75) is 60.1 Å². The van der Waals surface area contributed by atoms with E-state index in [0.717, 1.165) is 29.8 Å². The maximum Gasteiger partial charge on any atom is 0.290 e. The van der Waals surface area contributed by atoms with E-state index < -0.39 is 15.8 Å². The van der Waals surface area contributed by atoms with Gasteiger partial charge in [0.25, 0.3) is 6.47 Å². The van der Waals surface area contributed by atoms with Crippen molar-refractivity contribution in [1.29, 1.82) is 0 Å². The molecule has 4 rings (SSSR count). The van der Waals surface area contributed by atoms with Crippen molar-refractivity contribution in [3.63, 3.8) is 0 Å². The summed E-state index contributed by atoms with van der Waals surface area (Å²) >= 11 is 0. The first-order valence-corrected chi connectivity index (χ1v) is 15.7. The highest BCUT2D eigenvalue weighted by atomic mass is 32.3. The number of hydrogen-bond donors (Lipinski definition) is 2. The molecule has 0 bridgehead atoms.